The Morgan fingerprint density at radius 2 is 1.88 bits per heavy atom. The number of benzene rings is 1. The van der Waals surface area contributed by atoms with E-state index in [0.29, 0.717) is 21.6 Å². The first kappa shape index (κ1) is 21.1. The minimum atomic E-state index is -0.0462. The summed E-state index contributed by atoms with van der Waals surface area (Å²) in [6.45, 7) is 5.10. The van der Waals surface area contributed by atoms with Gasteiger partial charge in [0.15, 0.2) is 5.13 Å². The Kier molecular flexibility index (Phi) is 6.99. The number of fused-ring (bicyclic) bond motifs is 1. The van der Waals surface area contributed by atoms with Crippen LogP contribution in [0.5, 0.6) is 0 Å². The number of carbonyl (C=O) groups excluding carboxylic acids is 1. The van der Waals surface area contributed by atoms with Crippen LogP contribution in [0.1, 0.15) is 20.4 Å². The third-order valence-corrected chi connectivity index (χ3v) is 6.02. The van der Waals surface area contributed by atoms with E-state index < -0.39 is 0 Å². The van der Waals surface area contributed by atoms with Gasteiger partial charge in [-0.2, -0.15) is 0 Å². The van der Waals surface area contributed by atoms with Crippen molar-refractivity contribution < 1.29 is 4.79 Å². The van der Waals surface area contributed by atoms with Crippen molar-refractivity contribution in [2.45, 2.75) is 13.8 Å². The fraction of sp³-hybridized carbons (Fsp3) is 0.353. The van der Waals surface area contributed by atoms with E-state index in [2.05, 4.69) is 14.9 Å². The van der Waals surface area contributed by atoms with Crippen molar-refractivity contribution in [3.05, 3.63) is 38.8 Å². The van der Waals surface area contributed by atoms with Crippen LogP contribution in [0.25, 0.3) is 10.2 Å². The van der Waals surface area contributed by atoms with Crippen molar-refractivity contribution in [2.24, 2.45) is 0 Å². The summed E-state index contributed by atoms with van der Waals surface area (Å²) in [6.07, 6.45) is 0. The predicted molar refractivity (Wildman–Crippen MR) is 114 cm³/mol. The van der Waals surface area contributed by atoms with Gasteiger partial charge in [0.1, 0.15) is 4.88 Å². The third-order valence-electron chi connectivity index (χ3n) is 3.68. The van der Waals surface area contributed by atoms with Gasteiger partial charge in [0.25, 0.3) is 5.91 Å². The van der Waals surface area contributed by atoms with E-state index in [9.17, 15) is 4.79 Å². The monoisotopic (exact) mass is 430 g/mol. The van der Waals surface area contributed by atoms with Gasteiger partial charge < -0.3 is 4.90 Å². The molecule has 0 bridgehead atoms. The van der Waals surface area contributed by atoms with Crippen molar-refractivity contribution in [2.75, 3.05) is 32.1 Å². The molecule has 9 heteroatoms. The normalized spacial score (nSPS) is 11.0. The van der Waals surface area contributed by atoms with Crippen LogP contribution in [0.2, 0.25) is 5.02 Å². The van der Waals surface area contributed by atoms with E-state index in [1.165, 1.54) is 22.7 Å². The first-order valence-electron chi connectivity index (χ1n) is 7.82. The highest BCUT2D eigenvalue weighted by atomic mass is 35.5. The first-order chi connectivity index (χ1) is 11.8. The van der Waals surface area contributed by atoms with Gasteiger partial charge in [-0.15, -0.1) is 23.7 Å². The number of aromatic nitrogens is 2. The van der Waals surface area contributed by atoms with Crippen LogP contribution < -0.4 is 4.90 Å². The van der Waals surface area contributed by atoms with E-state index in [0.717, 1.165) is 27.5 Å². The Hall–Kier alpha value is -1.25. The van der Waals surface area contributed by atoms with Crippen LogP contribution in [0.3, 0.4) is 0 Å². The summed E-state index contributed by atoms with van der Waals surface area (Å²) in [4.78, 5) is 26.7. The number of hydrogen-bond donors (Lipinski definition) is 0. The maximum atomic E-state index is 13.2. The SMILES string of the molecule is Cc1nc(C)c(C(=O)N(CCN(C)C)c2nc3ccc(Cl)cc3s2)s1.Cl. The molecule has 5 nitrogen and oxygen atoms in total. The van der Waals surface area contributed by atoms with E-state index in [4.69, 9.17) is 11.6 Å². The van der Waals surface area contributed by atoms with E-state index in [1.54, 1.807) is 4.90 Å². The van der Waals surface area contributed by atoms with Crippen LogP contribution in [0.15, 0.2) is 18.2 Å². The molecule has 140 valence electrons. The van der Waals surface area contributed by atoms with Crippen LogP contribution in [-0.4, -0.2) is 48.0 Å². The third kappa shape index (κ3) is 4.53. The molecule has 0 atom stereocenters. The fourth-order valence-corrected chi connectivity index (χ4v) is 4.57. The lowest BCUT2D eigenvalue weighted by Gasteiger charge is -2.21. The average Bonchev–Trinajstić information content (AvgIpc) is 3.09. The molecule has 0 saturated heterocycles. The lowest BCUT2D eigenvalue weighted by molar-refractivity contribution is 0.0988. The zero-order chi connectivity index (χ0) is 18.1. The highest BCUT2D eigenvalue weighted by Crippen LogP contribution is 2.32. The number of thiazole rings is 2. The molecule has 2 heterocycles. The second-order valence-electron chi connectivity index (χ2n) is 6.02. The highest BCUT2D eigenvalue weighted by Gasteiger charge is 2.25. The minimum absolute atomic E-state index is 0. The molecule has 0 aliphatic rings. The summed E-state index contributed by atoms with van der Waals surface area (Å²) in [5, 5.41) is 2.25. The largest absolute Gasteiger partial charge is 0.308 e. The van der Waals surface area contributed by atoms with Gasteiger partial charge in [-0.25, -0.2) is 9.97 Å². The van der Waals surface area contributed by atoms with Crippen LogP contribution in [0, 0.1) is 13.8 Å². The number of likely N-dealkylation sites (N-methyl/N-ethyl adjacent to an activating group) is 1. The molecule has 2 aromatic heterocycles. The van der Waals surface area contributed by atoms with E-state index in [-0.39, 0.29) is 18.3 Å². The summed E-state index contributed by atoms with van der Waals surface area (Å²) in [5.41, 5.74) is 1.62. The number of nitrogens with zero attached hydrogens (tertiary/aromatic N) is 4. The number of halogens is 2. The van der Waals surface area contributed by atoms with Crippen molar-refractivity contribution in [3.8, 4) is 0 Å². The van der Waals surface area contributed by atoms with Gasteiger partial charge in [0.05, 0.1) is 20.9 Å². The van der Waals surface area contributed by atoms with Crippen LogP contribution in [0.4, 0.5) is 5.13 Å². The fourth-order valence-electron chi connectivity index (χ4n) is 2.44. The minimum Gasteiger partial charge on any atom is -0.308 e. The second-order valence-corrected chi connectivity index (χ2v) is 8.66. The van der Waals surface area contributed by atoms with Gasteiger partial charge >= 0.3 is 0 Å². The molecule has 0 aliphatic carbocycles. The number of aryl methyl sites for hydroxylation is 2. The molecule has 26 heavy (non-hydrogen) atoms. The second kappa shape index (κ2) is 8.63. The maximum absolute atomic E-state index is 13.2. The summed E-state index contributed by atoms with van der Waals surface area (Å²) >= 11 is 8.99. The average molecular weight is 431 g/mol. The molecule has 3 aromatic rings. The molecule has 0 unspecified atom stereocenters. The van der Waals surface area contributed by atoms with E-state index >= 15 is 0 Å². The summed E-state index contributed by atoms with van der Waals surface area (Å²) in [5.74, 6) is -0.0462. The highest BCUT2D eigenvalue weighted by molar-refractivity contribution is 7.22. The Labute approximate surface area is 172 Å². The van der Waals surface area contributed by atoms with Gasteiger partial charge in [-0.3, -0.25) is 9.69 Å². The van der Waals surface area contributed by atoms with Gasteiger partial charge in [-0.1, -0.05) is 22.9 Å². The van der Waals surface area contributed by atoms with E-state index in [1.807, 2.05) is 46.1 Å². The van der Waals surface area contributed by atoms with Crippen molar-refractivity contribution >= 4 is 67.9 Å². The predicted octanol–water partition coefficient (Wildman–Crippen LogP) is 4.65. The number of hydrogen-bond acceptors (Lipinski definition) is 6. The van der Waals surface area contributed by atoms with Crippen molar-refractivity contribution in [1.29, 1.82) is 0 Å². The maximum Gasteiger partial charge on any atom is 0.272 e. The molecule has 1 aromatic carbocycles. The Balaban J connectivity index is 0.00000243. The smallest absolute Gasteiger partial charge is 0.272 e. The summed E-state index contributed by atoms with van der Waals surface area (Å²) in [7, 11) is 3.98. The van der Waals surface area contributed by atoms with Gasteiger partial charge in [-0.05, 0) is 46.1 Å². The number of carbonyl (C=O) groups is 1. The van der Waals surface area contributed by atoms with Crippen molar-refractivity contribution in [3.63, 3.8) is 0 Å². The van der Waals surface area contributed by atoms with Crippen molar-refractivity contribution in [1.82, 2.24) is 14.9 Å². The molecule has 1 amide bonds. The number of rotatable bonds is 5. The molecule has 0 fully saturated rings. The topological polar surface area (TPSA) is 49.3 Å². The molecule has 0 saturated carbocycles. The van der Waals surface area contributed by atoms with Crippen LogP contribution in [-0.2, 0) is 0 Å². The lowest BCUT2D eigenvalue weighted by atomic mass is 10.3. The Morgan fingerprint density at radius 1 is 1.15 bits per heavy atom. The molecule has 0 aliphatic heterocycles. The van der Waals surface area contributed by atoms with Gasteiger partial charge in [0, 0.05) is 18.1 Å². The molecule has 3 rings (SSSR count). The number of anilines is 1. The molecular formula is C17H20Cl2N4OS2. The summed E-state index contributed by atoms with van der Waals surface area (Å²) in [6, 6.07) is 5.58. The quantitative estimate of drug-likeness (QED) is 0.590. The molecule has 0 spiro atoms. The molecule has 0 radical (unpaired) electrons. The molecule has 0 N–H and O–H groups in total. The number of amides is 1. The summed E-state index contributed by atoms with van der Waals surface area (Å²) < 4.78 is 0.974. The first-order valence-corrected chi connectivity index (χ1v) is 9.83. The zero-order valence-electron chi connectivity index (χ0n) is 14.9. The zero-order valence-corrected chi connectivity index (χ0v) is 18.2. The molecular weight excluding hydrogens is 411 g/mol. The Morgan fingerprint density at radius 3 is 2.50 bits per heavy atom. The van der Waals surface area contributed by atoms with Gasteiger partial charge in [0.2, 0.25) is 0 Å². The Bertz CT molecular complexity index is 923. The van der Waals surface area contributed by atoms with Crippen LogP contribution >= 0.6 is 46.7 Å². The standard InChI is InChI=1S/C17H19ClN4OS2.ClH/c1-10-15(24-11(2)19-10)16(23)22(8-7-21(3)4)17-20-13-6-5-12(18)9-14(13)25-17;/h5-6,9H,7-8H2,1-4H3;1H. The lowest BCUT2D eigenvalue weighted by Crippen LogP contribution is -2.36.